The number of guanidine groups is 1. The molecule has 1 aromatic heterocycles. The van der Waals surface area contributed by atoms with Crippen molar-refractivity contribution in [2.75, 3.05) is 20.1 Å². The molecule has 1 unspecified atom stereocenters. The first-order valence-electron chi connectivity index (χ1n) is 10.8. The summed E-state index contributed by atoms with van der Waals surface area (Å²) in [6.07, 6.45) is 6.18. The lowest BCUT2D eigenvalue weighted by Gasteiger charge is -2.37. The van der Waals surface area contributed by atoms with Gasteiger partial charge in [0.1, 0.15) is 5.82 Å². The molecule has 7 heteroatoms. The molecule has 0 saturated carbocycles. The van der Waals surface area contributed by atoms with Crippen molar-refractivity contribution in [1.29, 1.82) is 0 Å². The van der Waals surface area contributed by atoms with Crippen molar-refractivity contribution >= 4 is 29.9 Å². The van der Waals surface area contributed by atoms with E-state index in [1.165, 1.54) is 5.56 Å². The Morgan fingerprint density at radius 1 is 1.17 bits per heavy atom. The standard InChI is InChI=1S/C23H36N6.HI/c1-18(2)17-29-15-12-25-22(29)16-26-23(24-4)27-21-10-13-28(14-11-21)19(3)20-8-6-5-7-9-20;/h5-9,12,15,18-19,21H,10-11,13-14,16-17H2,1-4H3,(H2,24,26,27);1H. The van der Waals surface area contributed by atoms with Crippen molar-refractivity contribution in [1.82, 2.24) is 25.1 Å². The van der Waals surface area contributed by atoms with Crippen molar-refractivity contribution in [2.24, 2.45) is 10.9 Å². The fourth-order valence-electron chi connectivity index (χ4n) is 3.99. The number of likely N-dealkylation sites (tertiary alicyclic amines) is 1. The molecule has 0 radical (unpaired) electrons. The van der Waals surface area contributed by atoms with Crippen LogP contribution in [0.15, 0.2) is 47.7 Å². The van der Waals surface area contributed by atoms with E-state index in [0.29, 0.717) is 24.5 Å². The highest BCUT2D eigenvalue weighted by molar-refractivity contribution is 14.0. The van der Waals surface area contributed by atoms with Crippen molar-refractivity contribution in [3.8, 4) is 0 Å². The molecule has 1 aromatic carbocycles. The smallest absolute Gasteiger partial charge is 0.191 e. The van der Waals surface area contributed by atoms with Gasteiger partial charge < -0.3 is 15.2 Å². The second-order valence-electron chi connectivity index (χ2n) is 8.36. The van der Waals surface area contributed by atoms with Crippen LogP contribution in [0.5, 0.6) is 0 Å². The van der Waals surface area contributed by atoms with Crippen LogP contribution in [-0.2, 0) is 13.1 Å². The Morgan fingerprint density at radius 2 is 1.87 bits per heavy atom. The maximum Gasteiger partial charge on any atom is 0.191 e. The van der Waals surface area contributed by atoms with Gasteiger partial charge in [-0.1, -0.05) is 44.2 Å². The number of benzene rings is 1. The highest BCUT2D eigenvalue weighted by Crippen LogP contribution is 2.23. The second-order valence-corrected chi connectivity index (χ2v) is 8.36. The molecule has 3 rings (SSSR count). The summed E-state index contributed by atoms with van der Waals surface area (Å²) in [6.45, 7) is 10.6. The van der Waals surface area contributed by atoms with E-state index in [-0.39, 0.29) is 24.0 Å². The van der Waals surface area contributed by atoms with E-state index in [2.05, 4.69) is 87.4 Å². The van der Waals surface area contributed by atoms with Crippen LogP contribution in [0, 0.1) is 5.92 Å². The van der Waals surface area contributed by atoms with Gasteiger partial charge in [0, 0.05) is 51.2 Å². The van der Waals surface area contributed by atoms with Crippen LogP contribution in [0.1, 0.15) is 51.0 Å². The van der Waals surface area contributed by atoms with Crippen LogP contribution < -0.4 is 10.6 Å². The zero-order valence-corrected chi connectivity index (χ0v) is 21.0. The summed E-state index contributed by atoms with van der Waals surface area (Å²) < 4.78 is 2.22. The quantitative estimate of drug-likeness (QED) is 0.326. The van der Waals surface area contributed by atoms with Gasteiger partial charge in [-0.2, -0.15) is 0 Å². The number of nitrogens with zero attached hydrogens (tertiary/aromatic N) is 4. The zero-order valence-electron chi connectivity index (χ0n) is 18.7. The Labute approximate surface area is 198 Å². The Balaban J connectivity index is 0.00000320. The Bertz CT molecular complexity index is 765. The average molecular weight is 524 g/mol. The van der Waals surface area contributed by atoms with Gasteiger partial charge in [-0.3, -0.25) is 9.89 Å². The zero-order chi connectivity index (χ0) is 20.6. The van der Waals surface area contributed by atoms with Gasteiger partial charge in [-0.25, -0.2) is 4.98 Å². The third kappa shape index (κ3) is 6.97. The summed E-state index contributed by atoms with van der Waals surface area (Å²) in [5.41, 5.74) is 1.40. The van der Waals surface area contributed by atoms with Crippen molar-refractivity contribution < 1.29 is 0 Å². The van der Waals surface area contributed by atoms with Gasteiger partial charge in [0.15, 0.2) is 5.96 Å². The molecule has 1 atom stereocenters. The largest absolute Gasteiger partial charge is 0.354 e. The molecule has 0 aliphatic carbocycles. The fourth-order valence-corrected chi connectivity index (χ4v) is 3.99. The van der Waals surface area contributed by atoms with E-state index < -0.39 is 0 Å². The summed E-state index contributed by atoms with van der Waals surface area (Å²) in [5.74, 6) is 2.51. The lowest BCUT2D eigenvalue weighted by molar-refractivity contribution is 0.158. The number of rotatable bonds is 7. The predicted molar refractivity (Wildman–Crippen MR) is 135 cm³/mol. The minimum Gasteiger partial charge on any atom is -0.354 e. The number of aliphatic imine (C=N–C) groups is 1. The maximum absolute atomic E-state index is 4.49. The Morgan fingerprint density at radius 3 is 2.50 bits per heavy atom. The van der Waals surface area contributed by atoms with Gasteiger partial charge in [0.25, 0.3) is 0 Å². The minimum absolute atomic E-state index is 0. The summed E-state index contributed by atoms with van der Waals surface area (Å²) in [5, 5.41) is 7.04. The minimum atomic E-state index is 0. The SMILES string of the molecule is CN=C(NCc1nccn1CC(C)C)NC1CCN(C(C)c2ccccc2)CC1.I. The summed E-state index contributed by atoms with van der Waals surface area (Å²) in [4.78, 5) is 11.5. The third-order valence-corrected chi connectivity index (χ3v) is 5.70. The molecule has 0 spiro atoms. The van der Waals surface area contributed by atoms with E-state index in [1.807, 2.05) is 13.2 Å². The monoisotopic (exact) mass is 524 g/mol. The normalized spacial score (nSPS) is 16.9. The van der Waals surface area contributed by atoms with E-state index in [1.54, 1.807) is 0 Å². The molecule has 30 heavy (non-hydrogen) atoms. The van der Waals surface area contributed by atoms with E-state index in [4.69, 9.17) is 0 Å². The van der Waals surface area contributed by atoms with Crippen molar-refractivity contribution in [3.05, 3.63) is 54.1 Å². The predicted octanol–water partition coefficient (Wildman–Crippen LogP) is 4.05. The number of nitrogens with one attached hydrogen (secondary N) is 2. The molecular weight excluding hydrogens is 487 g/mol. The summed E-state index contributed by atoms with van der Waals surface area (Å²) >= 11 is 0. The molecule has 6 nitrogen and oxygen atoms in total. The number of hydrogen-bond acceptors (Lipinski definition) is 3. The van der Waals surface area contributed by atoms with Crippen LogP contribution in [0.3, 0.4) is 0 Å². The van der Waals surface area contributed by atoms with Crippen LogP contribution in [0.25, 0.3) is 0 Å². The first kappa shape index (κ1) is 24.7. The van der Waals surface area contributed by atoms with Crippen molar-refractivity contribution in [3.63, 3.8) is 0 Å². The van der Waals surface area contributed by atoms with Gasteiger partial charge >= 0.3 is 0 Å². The van der Waals surface area contributed by atoms with E-state index in [0.717, 1.165) is 44.3 Å². The van der Waals surface area contributed by atoms with Crippen LogP contribution >= 0.6 is 24.0 Å². The van der Waals surface area contributed by atoms with Gasteiger partial charge in [0.05, 0.1) is 6.54 Å². The molecule has 2 heterocycles. The van der Waals surface area contributed by atoms with Crippen molar-refractivity contribution in [2.45, 2.75) is 58.8 Å². The lowest BCUT2D eigenvalue weighted by Crippen LogP contribution is -2.49. The van der Waals surface area contributed by atoms with Crippen LogP contribution in [0.4, 0.5) is 0 Å². The number of aromatic nitrogens is 2. The average Bonchev–Trinajstić information content (AvgIpc) is 3.18. The number of imidazole rings is 1. The number of halogens is 1. The Kier molecular flexibility index (Phi) is 10.1. The Hall–Kier alpha value is -1.61. The fraction of sp³-hybridized carbons (Fsp3) is 0.565. The molecule has 1 saturated heterocycles. The van der Waals surface area contributed by atoms with Gasteiger partial charge in [-0.05, 0) is 31.2 Å². The van der Waals surface area contributed by atoms with Gasteiger partial charge in [-0.15, -0.1) is 24.0 Å². The lowest BCUT2D eigenvalue weighted by atomic mass is 10.0. The molecule has 1 fully saturated rings. The van der Waals surface area contributed by atoms with E-state index in [9.17, 15) is 0 Å². The highest BCUT2D eigenvalue weighted by atomic mass is 127. The van der Waals surface area contributed by atoms with Gasteiger partial charge in [0.2, 0.25) is 0 Å². The molecule has 1 aliphatic heterocycles. The second kappa shape index (κ2) is 12.3. The molecule has 166 valence electrons. The first-order chi connectivity index (χ1) is 14.1. The topological polar surface area (TPSA) is 57.5 Å². The summed E-state index contributed by atoms with van der Waals surface area (Å²) in [7, 11) is 1.84. The first-order valence-corrected chi connectivity index (χ1v) is 10.8. The molecular formula is C23H37IN6. The summed E-state index contributed by atoms with van der Waals surface area (Å²) in [6, 6.07) is 11.7. The maximum atomic E-state index is 4.49. The number of piperidine rings is 1. The molecule has 0 bridgehead atoms. The highest BCUT2D eigenvalue weighted by Gasteiger charge is 2.24. The molecule has 0 amide bonds. The van der Waals surface area contributed by atoms with Crippen LogP contribution in [-0.4, -0.2) is 46.6 Å². The van der Waals surface area contributed by atoms with E-state index >= 15 is 0 Å². The molecule has 2 N–H and O–H groups in total. The third-order valence-electron chi connectivity index (χ3n) is 5.70. The molecule has 2 aromatic rings. The number of hydrogen-bond donors (Lipinski definition) is 2. The van der Waals surface area contributed by atoms with Crippen LogP contribution in [0.2, 0.25) is 0 Å². The molecule has 1 aliphatic rings.